The minimum absolute atomic E-state index is 0.582. The molecule has 0 aliphatic rings. The van der Waals surface area contributed by atoms with Crippen molar-refractivity contribution < 1.29 is 0 Å². The molecule has 1 nitrogen and oxygen atoms in total. The Morgan fingerprint density at radius 2 is 1.83 bits per heavy atom. The first kappa shape index (κ1) is 13.7. The topological polar surface area (TPSA) is 12.0 Å². The van der Waals surface area contributed by atoms with Gasteiger partial charge in [0.15, 0.2) is 0 Å². The molecule has 0 aliphatic heterocycles. The lowest BCUT2D eigenvalue weighted by Crippen LogP contribution is -1.99. The normalized spacial score (nSPS) is 10.4. The molecule has 2 rings (SSSR count). The average molecular weight is 345 g/mol. The molecule has 4 heteroatoms. The zero-order chi connectivity index (χ0) is 13.1. The van der Waals surface area contributed by atoms with Gasteiger partial charge in [-0.1, -0.05) is 45.2 Å². The number of halogens is 3. The van der Waals surface area contributed by atoms with E-state index in [0.29, 0.717) is 16.6 Å². The van der Waals surface area contributed by atoms with E-state index in [2.05, 4.69) is 40.3 Å². The van der Waals surface area contributed by atoms with Crippen molar-refractivity contribution in [3.8, 4) is 0 Å². The van der Waals surface area contributed by atoms with Gasteiger partial charge in [0, 0.05) is 16.7 Å². The summed E-state index contributed by atoms with van der Waals surface area (Å²) < 4.78 is 1.07. The van der Waals surface area contributed by atoms with Crippen LogP contribution in [0.2, 0.25) is 10.0 Å². The van der Waals surface area contributed by atoms with Crippen LogP contribution in [0.25, 0.3) is 0 Å². The van der Waals surface area contributed by atoms with Gasteiger partial charge in [-0.25, -0.2) is 0 Å². The van der Waals surface area contributed by atoms with Gasteiger partial charge in [0.1, 0.15) is 0 Å². The molecule has 0 saturated carbocycles. The maximum absolute atomic E-state index is 5.98. The third-order valence-corrected chi connectivity index (χ3v) is 3.72. The number of benzene rings is 2. The van der Waals surface area contributed by atoms with E-state index in [0.717, 1.165) is 15.7 Å². The first-order chi connectivity index (χ1) is 8.54. The average Bonchev–Trinajstić information content (AvgIpc) is 2.29. The molecule has 0 amide bonds. The van der Waals surface area contributed by atoms with Crippen molar-refractivity contribution in [2.24, 2.45) is 0 Å². The summed E-state index contributed by atoms with van der Waals surface area (Å²) >= 11 is 15.3. The van der Waals surface area contributed by atoms with Gasteiger partial charge >= 0.3 is 0 Å². The number of rotatable bonds is 3. The van der Waals surface area contributed by atoms with Crippen LogP contribution in [0.4, 0.5) is 5.69 Å². The molecule has 2 aromatic rings. The molecule has 2 aromatic carbocycles. The molecule has 0 fully saturated rings. The molecule has 0 atom stereocenters. The highest BCUT2D eigenvalue weighted by Crippen LogP contribution is 2.24. The molecule has 0 aliphatic carbocycles. The van der Waals surface area contributed by atoms with E-state index in [1.54, 1.807) is 0 Å². The van der Waals surface area contributed by atoms with E-state index in [4.69, 9.17) is 23.2 Å². The Labute approximate surface area is 125 Å². The van der Waals surface area contributed by atoms with Gasteiger partial charge in [0.25, 0.3) is 0 Å². The summed E-state index contributed by atoms with van der Waals surface area (Å²) in [5.74, 6) is 0. The number of hydrogen-bond donors (Lipinski definition) is 1. The highest BCUT2D eigenvalue weighted by Gasteiger charge is 2.00. The second kappa shape index (κ2) is 5.96. The van der Waals surface area contributed by atoms with E-state index >= 15 is 0 Å². The summed E-state index contributed by atoms with van der Waals surface area (Å²) in [5.41, 5.74) is 3.39. The Kier molecular flexibility index (Phi) is 4.55. The lowest BCUT2D eigenvalue weighted by molar-refractivity contribution is 1.15. The Morgan fingerprint density at radius 1 is 1.06 bits per heavy atom. The third kappa shape index (κ3) is 3.64. The van der Waals surface area contributed by atoms with E-state index in [-0.39, 0.29) is 0 Å². The van der Waals surface area contributed by atoms with Crippen LogP contribution >= 0.6 is 39.1 Å². The van der Waals surface area contributed by atoms with E-state index in [1.165, 1.54) is 5.56 Å². The number of anilines is 1. The molecule has 0 spiro atoms. The van der Waals surface area contributed by atoms with Crippen LogP contribution in [0, 0.1) is 6.92 Å². The van der Waals surface area contributed by atoms with Crippen molar-refractivity contribution in [2.45, 2.75) is 13.5 Å². The molecular formula is C14H12BrCl2N. The number of nitrogens with one attached hydrogen (secondary N) is 1. The summed E-state index contributed by atoms with van der Waals surface area (Å²) in [6.45, 7) is 2.78. The second-order valence-corrected chi connectivity index (χ2v) is 5.85. The van der Waals surface area contributed by atoms with Gasteiger partial charge in [-0.15, -0.1) is 0 Å². The van der Waals surface area contributed by atoms with Gasteiger partial charge in [0.05, 0.1) is 10.0 Å². The minimum atomic E-state index is 0.582. The van der Waals surface area contributed by atoms with Crippen LogP contribution in [0.15, 0.2) is 40.9 Å². The Bertz CT molecular complexity index is 549. The lowest BCUT2D eigenvalue weighted by atomic mass is 10.2. The fourth-order valence-corrected chi connectivity index (χ4v) is 2.62. The molecular weight excluding hydrogens is 333 g/mol. The Hall–Kier alpha value is -0.700. The first-order valence-electron chi connectivity index (χ1n) is 5.49. The molecule has 0 saturated heterocycles. The zero-order valence-electron chi connectivity index (χ0n) is 9.81. The maximum atomic E-state index is 5.98. The van der Waals surface area contributed by atoms with Crippen LogP contribution < -0.4 is 5.32 Å². The fourth-order valence-electron chi connectivity index (χ4n) is 1.69. The second-order valence-electron chi connectivity index (χ2n) is 4.12. The van der Waals surface area contributed by atoms with Crippen LogP contribution in [-0.4, -0.2) is 0 Å². The van der Waals surface area contributed by atoms with Gasteiger partial charge in [0.2, 0.25) is 0 Å². The summed E-state index contributed by atoms with van der Waals surface area (Å²) in [6.07, 6.45) is 0. The maximum Gasteiger partial charge on any atom is 0.0595 e. The smallest absolute Gasteiger partial charge is 0.0595 e. The van der Waals surface area contributed by atoms with Crippen molar-refractivity contribution in [1.82, 2.24) is 0 Å². The first-order valence-corrected chi connectivity index (χ1v) is 7.04. The summed E-state index contributed by atoms with van der Waals surface area (Å²) in [6, 6.07) is 11.9. The van der Waals surface area contributed by atoms with Crippen molar-refractivity contribution in [2.75, 3.05) is 5.32 Å². The molecule has 0 radical (unpaired) electrons. The Balaban J connectivity index is 2.08. The van der Waals surface area contributed by atoms with Gasteiger partial charge in [-0.3, -0.25) is 0 Å². The third-order valence-electron chi connectivity index (χ3n) is 2.52. The van der Waals surface area contributed by atoms with Crippen molar-refractivity contribution >= 4 is 44.8 Å². The van der Waals surface area contributed by atoms with Crippen LogP contribution in [0.3, 0.4) is 0 Å². The number of aryl methyl sites for hydroxylation is 1. The minimum Gasteiger partial charge on any atom is -0.381 e. The molecule has 94 valence electrons. The molecule has 0 heterocycles. The zero-order valence-corrected chi connectivity index (χ0v) is 12.9. The predicted octanol–water partition coefficient (Wildman–Crippen LogP) is 5.68. The van der Waals surface area contributed by atoms with Crippen molar-refractivity contribution in [3.63, 3.8) is 0 Å². The van der Waals surface area contributed by atoms with Crippen molar-refractivity contribution in [3.05, 3.63) is 62.0 Å². The monoisotopic (exact) mass is 343 g/mol. The summed E-state index contributed by atoms with van der Waals surface area (Å²) in [7, 11) is 0. The molecule has 18 heavy (non-hydrogen) atoms. The molecule has 0 aromatic heterocycles. The largest absolute Gasteiger partial charge is 0.381 e. The van der Waals surface area contributed by atoms with E-state index in [9.17, 15) is 0 Å². The molecule has 0 bridgehead atoms. The lowest BCUT2D eigenvalue weighted by Gasteiger charge is -2.09. The highest BCUT2D eigenvalue weighted by molar-refractivity contribution is 9.10. The summed E-state index contributed by atoms with van der Waals surface area (Å²) in [4.78, 5) is 0. The number of hydrogen-bond acceptors (Lipinski definition) is 1. The summed E-state index contributed by atoms with van der Waals surface area (Å²) in [5, 5.41) is 4.52. The van der Waals surface area contributed by atoms with Crippen molar-refractivity contribution in [1.29, 1.82) is 0 Å². The van der Waals surface area contributed by atoms with Gasteiger partial charge in [-0.05, 0) is 48.4 Å². The van der Waals surface area contributed by atoms with Crippen LogP contribution in [0.1, 0.15) is 11.1 Å². The van der Waals surface area contributed by atoms with Crippen LogP contribution in [-0.2, 0) is 6.54 Å². The fraction of sp³-hybridized carbons (Fsp3) is 0.143. The van der Waals surface area contributed by atoms with Gasteiger partial charge in [-0.2, -0.15) is 0 Å². The van der Waals surface area contributed by atoms with Crippen LogP contribution in [0.5, 0.6) is 0 Å². The molecule has 1 N–H and O–H groups in total. The quantitative estimate of drug-likeness (QED) is 0.755. The SMILES string of the molecule is Cc1cc(Br)cc(NCc2ccc(Cl)c(Cl)c2)c1. The Morgan fingerprint density at radius 3 is 2.50 bits per heavy atom. The standard InChI is InChI=1S/C14H12BrCl2N/c1-9-4-11(15)7-12(5-9)18-8-10-2-3-13(16)14(17)6-10/h2-7,18H,8H2,1H3. The predicted molar refractivity (Wildman–Crippen MR) is 82.7 cm³/mol. The van der Waals surface area contributed by atoms with E-state index < -0.39 is 0 Å². The highest BCUT2D eigenvalue weighted by atomic mass is 79.9. The molecule has 0 unspecified atom stereocenters. The van der Waals surface area contributed by atoms with Gasteiger partial charge < -0.3 is 5.32 Å². The van der Waals surface area contributed by atoms with E-state index in [1.807, 2.05) is 24.3 Å².